The summed E-state index contributed by atoms with van der Waals surface area (Å²) in [5.41, 5.74) is 2.39. The molecule has 3 nitrogen and oxygen atoms in total. The summed E-state index contributed by atoms with van der Waals surface area (Å²) >= 11 is 0. The average Bonchev–Trinajstić information content (AvgIpc) is 3.13. The predicted octanol–water partition coefficient (Wildman–Crippen LogP) is 4.31. The van der Waals surface area contributed by atoms with Gasteiger partial charge in [-0.1, -0.05) is 49.2 Å². The maximum atomic E-state index is 5.90. The fourth-order valence-corrected chi connectivity index (χ4v) is 3.07. The average molecular weight is 311 g/mol. The number of ether oxygens (including phenoxy) is 2. The zero-order valence-corrected chi connectivity index (χ0v) is 13.8. The SMILES string of the molecule is COc1cc(CNC2CCCC2)ccc1OCc1ccccc1. The van der Waals surface area contributed by atoms with Gasteiger partial charge in [-0.2, -0.15) is 0 Å². The smallest absolute Gasteiger partial charge is 0.161 e. The third-order valence-electron chi connectivity index (χ3n) is 4.42. The number of methoxy groups -OCH3 is 1. The van der Waals surface area contributed by atoms with Crippen molar-refractivity contribution in [2.45, 2.75) is 44.9 Å². The van der Waals surface area contributed by atoms with Crippen molar-refractivity contribution in [1.29, 1.82) is 0 Å². The Morgan fingerprint density at radius 3 is 2.48 bits per heavy atom. The molecule has 1 aliphatic carbocycles. The lowest BCUT2D eigenvalue weighted by Gasteiger charge is -2.15. The summed E-state index contributed by atoms with van der Waals surface area (Å²) in [5, 5.41) is 3.63. The third kappa shape index (κ3) is 4.49. The molecule has 0 heterocycles. The van der Waals surface area contributed by atoms with Gasteiger partial charge in [0.2, 0.25) is 0 Å². The van der Waals surface area contributed by atoms with Gasteiger partial charge in [0.05, 0.1) is 7.11 Å². The summed E-state index contributed by atoms with van der Waals surface area (Å²) < 4.78 is 11.4. The van der Waals surface area contributed by atoms with Gasteiger partial charge in [0.15, 0.2) is 11.5 Å². The van der Waals surface area contributed by atoms with Gasteiger partial charge in [-0.3, -0.25) is 0 Å². The van der Waals surface area contributed by atoms with Crippen molar-refractivity contribution in [1.82, 2.24) is 5.32 Å². The molecule has 3 rings (SSSR count). The highest BCUT2D eigenvalue weighted by molar-refractivity contribution is 5.43. The first-order chi connectivity index (χ1) is 11.3. The van der Waals surface area contributed by atoms with Crippen LogP contribution in [0.5, 0.6) is 11.5 Å². The molecule has 0 atom stereocenters. The van der Waals surface area contributed by atoms with E-state index in [-0.39, 0.29) is 0 Å². The van der Waals surface area contributed by atoms with E-state index in [0.717, 1.165) is 23.6 Å². The van der Waals surface area contributed by atoms with Crippen LogP contribution in [0.25, 0.3) is 0 Å². The summed E-state index contributed by atoms with van der Waals surface area (Å²) in [4.78, 5) is 0. The van der Waals surface area contributed by atoms with E-state index in [0.29, 0.717) is 12.6 Å². The van der Waals surface area contributed by atoms with Crippen LogP contribution in [0.15, 0.2) is 48.5 Å². The summed E-state index contributed by atoms with van der Waals surface area (Å²) in [5.74, 6) is 1.59. The van der Waals surface area contributed by atoms with Gasteiger partial charge >= 0.3 is 0 Å². The first-order valence-electron chi connectivity index (χ1n) is 8.42. The molecule has 1 N–H and O–H groups in total. The molecule has 23 heavy (non-hydrogen) atoms. The number of rotatable bonds is 7. The molecular formula is C20H25NO2. The van der Waals surface area contributed by atoms with Crippen molar-refractivity contribution in [2.75, 3.05) is 7.11 Å². The van der Waals surface area contributed by atoms with Gasteiger partial charge in [0, 0.05) is 12.6 Å². The third-order valence-corrected chi connectivity index (χ3v) is 4.42. The first-order valence-corrected chi connectivity index (χ1v) is 8.42. The predicted molar refractivity (Wildman–Crippen MR) is 92.9 cm³/mol. The molecule has 1 aliphatic rings. The molecule has 0 bridgehead atoms. The lowest BCUT2D eigenvalue weighted by molar-refractivity contribution is 0.284. The molecule has 0 unspecified atom stereocenters. The maximum absolute atomic E-state index is 5.90. The summed E-state index contributed by atoms with van der Waals surface area (Å²) in [6, 6.07) is 17.0. The second-order valence-electron chi connectivity index (χ2n) is 6.12. The highest BCUT2D eigenvalue weighted by atomic mass is 16.5. The Morgan fingerprint density at radius 2 is 1.74 bits per heavy atom. The van der Waals surface area contributed by atoms with Crippen molar-refractivity contribution < 1.29 is 9.47 Å². The van der Waals surface area contributed by atoms with Gasteiger partial charge in [0.25, 0.3) is 0 Å². The molecule has 2 aromatic carbocycles. The Hall–Kier alpha value is -2.00. The van der Waals surface area contributed by atoms with Gasteiger partial charge in [-0.05, 0) is 36.1 Å². The molecule has 1 fully saturated rings. The minimum Gasteiger partial charge on any atom is -0.493 e. The number of benzene rings is 2. The van der Waals surface area contributed by atoms with Crippen LogP contribution in [0, 0.1) is 0 Å². The van der Waals surface area contributed by atoms with Gasteiger partial charge in [-0.25, -0.2) is 0 Å². The van der Waals surface area contributed by atoms with Gasteiger partial charge in [-0.15, -0.1) is 0 Å². The molecule has 0 aromatic heterocycles. The Bertz CT molecular complexity index is 606. The van der Waals surface area contributed by atoms with Gasteiger partial charge < -0.3 is 14.8 Å². The first kappa shape index (κ1) is 15.9. The Morgan fingerprint density at radius 1 is 0.957 bits per heavy atom. The standard InChI is InChI=1S/C20H25NO2/c1-22-20-13-17(14-21-18-9-5-6-10-18)11-12-19(20)23-15-16-7-3-2-4-8-16/h2-4,7-8,11-13,18,21H,5-6,9-10,14-15H2,1H3. The van der Waals surface area contributed by atoms with Crippen LogP contribution in [-0.4, -0.2) is 13.2 Å². The minimum atomic E-state index is 0.552. The van der Waals surface area contributed by atoms with Gasteiger partial charge in [0.1, 0.15) is 6.61 Å². The van der Waals surface area contributed by atoms with Crippen LogP contribution in [0.2, 0.25) is 0 Å². The lowest BCUT2D eigenvalue weighted by atomic mass is 10.1. The van der Waals surface area contributed by atoms with E-state index in [4.69, 9.17) is 9.47 Å². The van der Waals surface area contributed by atoms with Crippen LogP contribution in [0.3, 0.4) is 0 Å². The zero-order chi connectivity index (χ0) is 15.9. The van der Waals surface area contributed by atoms with Crippen LogP contribution in [-0.2, 0) is 13.2 Å². The second kappa shape index (κ2) is 8.02. The normalized spacial score (nSPS) is 14.8. The van der Waals surface area contributed by atoms with Crippen molar-refractivity contribution in [3.05, 3.63) is 59.7 Å². The van der Waals surface area contributed by atoms with Crippen molar-refractivity contribution in [3.63, 3.8) is 0 Å². The number of nitrogens with one attached hydrogen (secondary N) is 1. The summed E-state index contributed by atoms with van der Waals surface area (Å²) in [6.45, 7) is 1.44. The van der Waals surface area contributed by atoms with E-state index in [2.05, 4.69) is 29.6 Å². The van der Waals surface area contributed by atoms with E-state index in [9.17, 15) is 0 Å². The molecule has 0 amide bonds. The molecule has 0 spiro atoms. The Labute approximate surface area is 138 Å². The fourth-order valence-electron chi connectivity index (χ4n) is 3.07. The van der Waals surface area contributed by atoms with Crippen LogP contribution < -0.4 is 14.8 Å². The quantitative estimate of drug-likeness (QED) is 0.826. The number of hydrogen-bond acceptors (Lipinski definition) is 3. The molecular weight excluding hydrogens is 286 g/mol. The van der Waals surface area contributed by atoms with Crippen molar-refractivity contribution in [3.8, 4) is 11.5 Å². The zero-order valence-electron chi connectivity index (χ0n) is 13.8. The summed E-state index contributed by atoms with van der Waals surface area (Å²) in [7, 11) is 1.69. The molecule has 2 aromatic rings. The van der Waals surface area contributed by atoms with Crippen LogP contribution in [0.1, 0.15) is 36.8 Å². The Kier molecular flexibility index (Phi) is 5.54. The van der Waals surface area contributed by atoms with E-state index >= 15 is 0 Å². The maximum Gasteiger partial charge on any atom is 0.161 e. The summed E-state index contributed by atoms with van der Waals surface area (Å²) in [6.07, 6.45) is 5.31. The minimum absolute atomic E-state index is 0.552. The highest BCUT2D eigenvalue weighted by Gasteiger charge is 2.14. The van der Waals surface area contributed by atoms with E-state index in [1.807, 2.05) is 24.3 Å². The largest absolute Gasteiger partial charge is 0.493 e. The lowest BCUT2D eigenvalue weighted by Crippen LogP contribution is -2.25. The van der Waals surface area contributed by atoms with E-state index in [1.165, 1.54) is 31.2 Å². The highest BCUT2D eigenvalue weighted by Crippen LogP contribution is 2.29. The molecule has 0 saturated heterocycles. The molecule has 1 saturated carbocycles. The number of hydrogen-bond donors (Lipinski definition) is 1. The molecule has 0 aliphatic heterocycles. The molecule has 122 valence electrons. The van der Waals surface area contributed by atoms with E-state index < -0.39 is 0 Å². The monoisotopic (exact) mass is 311 g/mol. The van der Waals surface area contributed by atoms with Crippen LogP contribution in [0.4, 0.5) is 0 Å². The molecule has 3 heteroatoms. The second-order valence-corrected chi connectivity index (χ2v) is 6.12. The molecule has 0 radical (unpaired) electrons. The van der Waals surface area contributed by atoms with Crippen molar-refractivity contribution in [2.24, 2.45) is 0 Å². The van der Waals surface area contributed by atoms with E-state index in [1.54, 1.807) is 7.11 Å². The van der Waals surface area contributed by atoms with Crippen LogP contribution >= 0.6 is 0 Å². The van der Waals surface area contributed by atoms with Crippen molar-refractivity contribution >= 4 is 0 Å². The topological polar surface area (TPSA) is 30.5 Å². The fraction of sp³-hybridized carbons (Fsp3) is 0.400. The Balaban J connectivity index is 1.59.